The van der Waals surface area contributed by atoms with Gasteiger partial charge in [-0.2, -0.15) is 0 Å². The van der Waals surface area contributed by atoms with Crippen molar-refractivity contribution in [1.29, 1.82) is 0 Å². The van der Waals surface area contributed by atoms with Gasteiger partial charge in [-0.1, -0.05) is 6.92 Å². The van der Waals surface area contributed by atoms with E-state index in [0.29, 0.717) is 13.2 Å². The Kier molecular flexibility index (Phi) is 5.49. The fraction of sp³-hybridized carbons (Fsp3) is 0.562. The van der Waals surface area contributed by atoms with Crippen molar-refractivity contribution in [2.45, 2.75) is 26.3 Å². The van der Waals surface area contributed by atoms with Crippen LogP contribution in [-0.4, -0.2) is 59.8 Å². The van der Waals surface area contributed by atoms with Gasteiger partial charge < -0.3 is 20.5 Å². The number of ether oxygens (including phenoxy) is 1. The maximum Gasteiger partial charge on any atom is 0.407 e. The molecule has 1 saturated heterocycles. The molecule has 0 radical (unpaired) electrons. The van der Waals surface area contributed by atoms with Crippen LogP contribution >= 0.6 is 0 Å². The summed E-state index contributed by atoms with van der Waals surface area (Å²) in [4.78, 5) is 14.8. The summed E-state index contributed by atoms with van der Waals surface area (Å²) in [6.07, 6.45) is 0.0483. The Morgan fingerprint density at radius 1 is 1.45 bits per heavy atom. The monoisotopic (exact) mass is 307 g/mol. The van der Waals surface area contributed by atoms with Gasteiger partial charge in [0.15, 0.2) is 0 Å². The quantitative estimate of drug-likeness (QED) is 0.812. The maximum absolute atomic E-state index is 11.0. The van der Waals surface area contributed by atoms with Crippen molar-refractivity contribution >= 4 is 11.8 Å². The third kappa shape index (κ3) is 4.04. The fourth-order valence-electron chi connectivity index (χ4n) is 2.82. The van der Waals surface area contributed by atoms with Gasteiger partial charge in [0.25, 0.3) is 0 Å². The van der Waals surface area contributed by atoms with Crippen molar-refractivity contribution in [3.05, 3.63) is 23.8 Å². The zero-order chi connectivity index (χ0) is 16.1. The fourth-order valence-corrected chi connectivity index (χ4v) is 2.82. The summed E-state index contributed by atoms with van der Waals surface area (Å²) in [6.45, 7) is 7.46. The van der Waals surface area contributed by atoms with Crippen LogP contribution < -0.4 is 10.5 Å². The average Bonchev–Trinajstić information content (AvgIpc) is 2.48. The Bertz CT molecular complexity index is 521. The first-order valence-corrected chi connectivity index (χ1v) is 7.74. The molecule has 6 nitrogen and oxygen atoms in total. The molecule has 1 fully saturated rings. The Morgan fingerprint density at radius 2 is 2.23 bits per heavy atom. The molecular weight excluding hydrogens is 282 g/mol. The molecule has 1 amide bonds. The topological polar surface area (TPSA) is 79.0 Å². The molecule has 0 spiro atoms. The van der Waals surface area contributed by atoms with E-state index in [2.05, 4.69) is 11.8 Å². The molecule has 0 saturated carbocycles. The zero-order valence-corrected chi connectivity index (χ0v) is 13.3. The van der Waals surface area contributed by atoms with E-state index in [4.69, 9.17) is 15.6 Å². The van der Waals surface area contributed by atoms with Gasteiger partial charge in [0, 0.05) is 37.9 Å². The maximum atomic E-state index is 11.0. The summed E-state index contributed by atoms with van der Waals surface area (Å²) < 4.78 is 5.87. The van der Waals surface area contributed by atoms with Gasteiger partial charge in [-0.15, -0.1) is 0 Å². The normalized spacial score (nSPS) is 19.2. The molecule has 1 aromatic rings. The van der Waals surface area contributed by atoms with Crippen LogP contribution in [0, 0.1) is 0 Å². The summed E-state index contributed by atoms with van der Waals surface area (Å²) in [7, 11) is 0. The van der Waals surface area contributed by atoms with Crippen molar-refractivity contribution < 1.29 is 14.6 Å². The molecule has 1 aromatic carbocycles. The lowest BCUT2D eigenvalue weighted by Gasteiger charge is -2.38. The number of anilines is 1. The molecule has 122 valence electrons. The number of carboxylic acid groups (broad SMARTS) is 1. The van der Waals surface area contributed by atoms with Gasteiger partial charge in [0.2, 0.25) is 0 Å². The van der Waals surface area contributed by atoms with Crippen molar-refractivity contribution in [2.75, 3.05) is 38.5 Å². The van der Waals surface area contributed by atoms with Gasteiger partial charge in [-0.25, -0.2) is 4.79 Å². The van der Waals surface area contributed by atoms with Crippen LogP contribution in [0.15, 0.2) is 18.2 Å². The Labute approximate surface area is 131 Å². The largest absolute Gasteiger partial charge is 0.492 e. The lowest BCUT2D eigenvalue weighted by atomic mass is 10.1. The highest BCUT2D eigenvalue weighted by Crippen LogP contribution is 2.22. The van der Waals surface area contributed by atoms with Gasteiger partial charge in [-0.05, 0) is 37.1 Å². The molecular formula is C16H25N3O3. The third-order valence-electron chi connectivity index (χ3n) is 4.09. The summed E-state index contributed by atoms with van der Waals surface area (Å²) in [6, 6.07) is 5.73. The molecule has 0 unspecified atom stereocenters. The number of hydrogen-bond donors (Lipinski definition) is 2. The van der Waals surface area contributed by atoms with E-state index in [-0.39, 0.29) is 6.04 Å². The lowest BCUT2D eigenvalue weighted by molar-refractivity contribution is 0.0680. The number of benzene rings is 1. The predicted molar refractivity (Wildman–Crippen MR) is 86.4 cm³/mol. The molecule has 0 aliphatic carbocycles. The van der Waals surface area contributed by atoms with Crippen LogP contribution in [0.5, 0.6) is 5.75 Å². The van der Waals surface area contributed by atoms with E-state index in [1.165, 1.54) is 4.90 Å². The van der Waals surface area contributed by atoms with E-state index < -0.39 is 6.09 Å². The summed E-state index contributed by atoms with van der Waals surface area (Å²) >= 11 is 0. The van der Waals surface area contributed by atoms with Crippen molar-refractivity contribution in [3.63, 3.8) is 0 Å². The predicted octanol–water partition coefficient (Wildman–Crippen LogP) is 1.89. The number of nitrogens with zero attached hydrogens (tertiary/aromatic N) is 2. The zero-order valence-electron chi connectivity index (χ0n) is 13.3. The van der Waals surface area contributed by atoms with Crippen LogP contribution in [0.1, 0.15) is 19.4 Å². The highest BCUT2D eigenvalue weighted by Gasteiger charge is 2.26. The number of aryl methyl sites for hydroxylation is 1. The van der Waals surface area contributed by atoms with Crippen LogP contribution in [-0.2, 0) is 6.42 Å². The number of hydrogen-bond acceptors (Lipinski definition) is 4. The van der Waals surface area contributed by atoms with Gasteiger partial charge in [0.1, 0.15) is 12.4 Å². The number of amides is 1. The molecule has 1 heterocycles. The summed E-state index contributed by atoms with van der Waals surface area (Å²) in [5.41, 5.74) is 7.65. The number of carbonyl (C=O) groups is 1. The first-order valence-electron chi connectivity index (χ1n) is 7.74. The Morgan fingerprint density at radius 3 is 2.86 bits per heavy atom. The molecule has 1 atom stereocenters. The highest BCUT2D eigenvalue weighted by molar-refractivity contribution is 5.65. The van der Waals surface area contributed by atoms with Gasteiger partial charge >= 0.3 is 6.09 Å². The number of nitrogens with two attached hydrogens (primary N) is 1. The minimum absolute atomic E-state index is 0.0222. The first kappa shape index (κ1) is 16.4. The van der Waals surface area contributed by atoms with E-state index in [0.717, 1.165) is 43.1 Å². The van der Waals surface area contributed by atoms with Gasteiger partial charge in [0.05, 0.1) is 0 Å². The first-order chi connectivity index (χ1) is 10.5. The second kappa shape index (κ2) is 7.35. The number of nitrogen functional groups attached to an aromatic ring is 1. The van der Waals surface area contributed by atoms with Crippen molar-refractivity contribution in [2.24, 2.45) is 0 Å². The molecule has 2 rings (SSSR count). The summed E-state index contributed by atoms with van der Waals surface area (Å²) in [5.74, 6) is 0.883. The molecule has 3 N–H and O–H groups in total. The highest BCUT2D eigenvalue weighted by atomic mass is 16.5. The van der Waals surface area contributed by atoms with Crippen LogP contribution in [0.25, 0.3) is 0 Å². The minimum atomic E-state index is -0.835. The van der Waals surface area contributed by atoms with E-state index >= 15 is 0 Å². The molecule has 1 aliphatic rings. The number of rotatable bonds is 5. The smallest absolute Gasteiger partial charge is 0.407 e. The Balaban J connectivity index is 1.81. The second-order valence-corrected chi connectivity index (χ2v) is 5.69. The third-order valence-corrected chi connectivity index (χ3v) is 4.09. The minimum Gasteiger partial charge on any atom is -0.492 e. The molecule has 6 heteroatoms. The molecule has 0 aromatic heterocycles. The van der Waals surface area contributed by atoms with Crippen LogP contribution in [0.2, 0.25) is 0 Å². The molecule has 22 heavy (non-hydrogen) atoms. The van der Waals surface area contributed by atoms with Crippen LogP contribution in [0.3, 0.4) is 0 Å². The molecule has 0 bridgehead atoms. The standard InChI is InChI=1S/C16H25N3O3/c1-3-13-10-14(17)4-5-15(13)22-9-8-18-6-7-19(16(20)21)12(2)11-18/h4-5,10,12H,3,6-9,11,17H2,1-2H3,(H,20,21)/t12-/m0/s1. The Hall–Kier alpha value is -1.95. The van der Waals surface area contributed by atoms with Crippen molar-refractivity contribution in [3.8, 4) is 5.75 Å². The van der Waals surface area contributed by atoms with E-state index in [1.807, 2.05) is 25.1 Å². The van der Waals surface area contributed by atoms with E-state index in [1.54, 1.807) is 0 Å². The van der Waals surface area contributed by atoms with Crippen molar-refractivity contribution in [1.82, 2.24) is 9.80 Å². The number of piperazine rings is 1. The lowest BCUT2D eigenvalue weighted by Crippen LogP contribution is -2.54. The molecule has 1 aliphatic heterocycles. The average molecular weight is 307 g/mol. The SMILES string of the molecule is CCc1cc(N)ccc1OCCN1CCN(C(=O)O)[C@@H](C)C1. The summed E-state index contributed by atoms with van der Waals surface area (Å²) in [5, 5.41) is 9.07. The van der Waals surface area contributed by atoms with Crippen LogP contribution in [0.4, 0.5) is 10.5 Å². The second-order valence-electron chi connectivity index (χ2n) is 5.69. The van der Waals surface area contributed by atoms with Gasteiger partial charge in [-0.3, -0.25) is 4.90 Å². The van der Waals surface area contributed by atoms with E-state index in [9.17, 15) is 4.79 Å².